The molecule has 14 heteroatoms. The van der Waals surface area contributed by atoms with Crippen LogP contribution in [0.4, 0.5) is 0 Å². The van der Waals surface area contributed by atoms with Crippen molar-refractivity contribution in [2.75, 3.05) is 19.8 Å². The smallest absolute Gasteiger partial charge is 0.216 e. The summed E-state index contributed by atoms with van der Waals surface area (Å²) in [5.41, 5.74) is 13.1. The quantitative estimate of drug-likeness (QED) is 0.148. The van der Waals surface area contributed by atoms with Crippen LogP contribution < -0.4 is 14.2 Å². The summed E-state index contributed by atoms with van der Waals surface area (Å²) in [6.07, 6.45) is 23.6. The van der Waals surface area contributed by atoms with Gasteiger partial charge in [-0.2, -0.15) is 10.2 Å². The Bertz CT molecular complexity index is 2110. The Morgan fingerprint density at radius 2 is 1.16 bits per heavy atom. The second-order valence-corrected chi connectivity index (χ2v) is 12.6. The van der Waals surface area contributed by atoms with Crippen LogP contribution in [0.1, 0.15) is 81.6 Å². The van der Waals surface area contributed by atoms with Gasteiger partial charge in [0, 0.05) is 105 Å². The molecule has 2 aliphatic carbocycles. The third-order valence-electron chi connectivity index (χ3n) is 9.87. The van der Waals surface area contributed by atoms with E-state index < -0.39 is 0 Å². The number of furan rings is 1. The van der Waals surface area contributed by atoms with Crippen LogP contribution in [0.2, 0.25) is 0 Å². The van der Waals surface area contributed by atoms with Crippen LogP contribution in [0, 0.1) is 0 Å². The molecule has 0 fully saturated rings. The number of aromatic nitrogens is 6. The average Bonchev–Trinajstić information content (AvgIpc) is 3.97. The predicted molar refractivity (Wildman–Crippen MR) is 230 cm³/mol. The molecule has 0 amide bonds. The van der Waals surface area contributed by atoms with Gasteiger partial charge in [0.2, 0.25) is 5.88 Å². The molecular weight excluding hydrogens is 696 g/mol. The monoisotopic (exact) mass is 748 g/mol. The summed E-state index contributed by atoms with van der Waals surface area (Å²) in [7, 11) is 0. The zero-order valence-electron chi connectivity index (χ0n) is 29.0. The van der Waals surface area contributed by atoms with E-state index >= 15 is 0 Å². The molecule has 56 heavy (non-hydrogen) atoms. The minimum Gasteiger partial charge on any atom is -0.493 e. The minimum atomic E-state index is 0. The van der Waals surface area contributed by atoms with Crippen LogP contribution in [-0.4, -0.2) is 82.7 Å². The lowest BCUT2D eigenvalue weighted by Crippen LogP contribution is -1.92. The number of fused-ring (bicyclic) bond motifs is 12. The van der Waals surface area contributed by atoms with E-state index in [1.165, 1.54) is 83.1 Å². The maximum absolute atomic E-state index is 5.46. The number of hydrogen-bond donors (Lipinski definition) is 0. The molecule has 0 saturated carbocycles. The van der Waals surface area contributed by atoms with E-state index in [9.17, 15) is 0 Å². The first kappa shape index (κ1) is 48.9. The summed E-state index contributed by atoms with van der Waals surface area (Å²) in [5.74, 6) is 2.95. The van der Waals surface area contributed by atoms with E-state index in [1.54, 1.807) is 12.5 Å². The first-order valence-corrected chi connectivity index (χ1v) is 16.9. The second-order valence-electron chi connectivity index (χ2n) is 12.6. The van der Waals surface area contributed by atoms with Crippen LogP contribution in [-0.2, 0) is 44.9 Å². The summed E-state index contributed by atoms with van der Waals surface area (Å²) >= 11 is 0. The molecule has 12 rings (SSSR count). The summed E-state index contributed by atoms with van der Waals surface area (Å²) < 4.78 is 25.3. The standard InChI is InChI=1S/2C10H11NO.C9H8N2O.C9H6N2O.4CH4.4B/c1-2-7-8-4-5-12-10(8)6-11-9(7)3-1;1-2-7-6-11-10-9(4-5-12-10)8(7)3-1;2*1-4-10-11-5-2-9-7(8(1)11)3-6-12-9;;;;;;;;/h2*6H,1-5H2;1-2,4-5H,3,6H2;1-6H;4*1H4;;;;. The molecule has 7 aromatic heterocycles. The van der Waals surface area contributed by atoms with E-state index in [0.29, 0.717) is 0 Å². The van der Waals surface area contributed by atoms with Gasteiger partial charge in [0.05, 0.1) is 49.5 Å². The number of rotatable bonds is 0. The van der Waals surface area contributed by atoms with E-state index in [4.69, 9.17) is 18.6 Å². The fourth-order valence-corrected chi connectivity index (χ4v) is 7.58. The molecule has 0 saturated heterocycles. The molecule has 10 heterocycles. The third-order valence-corrected chi connectivity index (χ3v) is 9.87. The summed E-state index contributed by atoms with van der Waals surface area (Å²) in [6, 6.07) is 9.83. The highest BCUT2D eigenvalue weighted by atomic mass is 16.5. The Hall–Kier alpha value is -5.12. The Kier molecular flexibility index (Phi) is 18.6. The van der Waals surface area contributed by atoms with Crippen molar-refractivity contribution >= 4 is 55.7 Å². The first-order valence-electron chi connectivity index (χ1n) is 16.9. The van der Waals surface area contributed by atoms with Crippen LogP contribution in [0.3, 0.4) is 0 Å². The van der Waals surface area contributed by atoms with Gasteiger partial charge in [-0.3, -0.25) is 4.98 Å². The molecule has 5 aliphatic rings. The van der Waals surface area contributed by atoms with Crippen LogP contribution >= 0.6 is 0 Å². The first-order chi connectivity index (χ1) is 23.8. The number of aryl methyl sites for hydroxylation is 2. The molecule has 10 nitrogen and oxygen atoms in total. The number of hydrogen-bond acceptors (Lipinski definition) is 8. The highest BCUT2D eigenvalue weighted by molar-refractivity contribution is 5.92. The SMILES string of the molecule is C.C.C.C.[B].[B].[B].[B].c1cc2c3c(ccn2n1)OCC3.c1cc2c3ccoc3ccn2n1.c1nc2c(c3c1CCC3)CCO2.c1nc2c(c3c1OCC3)CCC2. The maximum Gasteiger partial charge on any atom is 0.216 e. The summed E-state index contributed by atoms with van der Waals surface area (Å²) in [6.45, 7) is 2.49. The molecule has 3 aliphatic heterocycles. The number of pyridine rings is 4. The average molecular weight is 748 g/mol. The second kappa shape index (κ2) is 21.3. The fraction of sp³-hybridized carbons (Fsp3) is 0.381. The molecule has 12 radical (unpaired) electrons. The molecule has 286 valence electrons. The van der Waals surface area contributed by atoms with Crippen molar-refractivity contribution in [1.29, 1.82) is 0 Å². The van der Waals surface area contributed by atoms with Crippen molar-refractivity contribution in [2.45, 2.75) is 87.5 Å². The van der Waals surface area contributed by atoms with Gasteiger partial charge in [0.1, 0.15) is 17.1 Å². The van der Waals surface area contributed by atoms with Crippen molar-refractivity contribution in [3.05, 3.63) is 113 Å². The highest BCUT2D eigenvalue weighted by Crippen LogP contribution is 2.34. The maximum atomic E-state index is 5.46. The normalized spacial score (nSPS) is 13.6. The van der Waals surface area contributed by atoms with E-state index in [2.05, 4.69) is 20.2 Å². The van der Waals surface area contributed by atoms with Gasteiger partial charge in [-0.25, -0.2) is 14.0 Å². The molecule has 0 bridgehead atoms. The van der Waals surface area contributed by atoms with Crippen molar-refractivity contribution in [3.63, 3.8) is 0 Å². The molecule has 0 spiro atoms. The summed E-state index contributed by atoms with van der Waals surface area (Å²) in [5, 5.41) is 9.39. The van der Waals surface area contributed by atoms with Gasteiger partial charge in [0.15, 0.2) is 0 Å². The zero-order chi connectivity index (χ0) is 31.9. The molecule has 0 atom stereocenters. The lowest BCUT2D eigenvalue weighted by Gasteiger charge is -2.03. The zero-order valence-corrected chi connectivity index (χ0v) is 29.0. The van der Waals surface area contributed by atoms with Crippen LogP contribution in [0.5, 0.6) is 17.4 Å². The Labute approximate surface area is 340 Å². The largest absolute Gasteiger partial charge is 0.493 e. The van der Waals surface area contributed by atoms with Crippen molar-refractivity contribution < 1.29 is 18.6 Å². The van der Waals surface area contributed by atoms with Gasteiger partial charge in [-0.15, -0.1) is 0 Å². The summed E-state index contributed by atoms with van der Waals surface area (Å²) in [4.78, 5) is 8.71. The topological polar surface area (TPSA) is 101 Å². The van der Waals surface area contributed by atoms with Gasteiger partial charge in [0.25, 0.3) is 0 Å². The van der Waals surface area contributed by atoms with Crippen molar-refractivity contribution in [3.8, 4) is 17.4 Å². The van der Waals surface area contributed by atoms with Gasteiger partial charge >= 0.3 is 0 Å². The van der Waals surface area contributed by atoms with E-state index in [1.807, 2.05) is 70.3 Å². The Morgan fingerprint density at radius 1 is 0.518 bits per heavy atom. The van der Waals surface area contributed by atoms with Gasteiger partial charge < -0.3 is 18.6 Å². The predicted octanol–water partition coefficient (Wildman–Crippen LogP) is 7.38. The molecular formula is C42H52B4N6O4. The fourth-order valence-electron chi connectivity index (χ4n) is 7.58. The third kappa shape index (κ3) is 9.11. The van der Waals surface area contributed by atoms with Crippen molar-refractivity contribution in [2.24, 2.45) is 0 Å². The van der Waals surface area contributed by atoms with Crippen LogP contribution in [0.15, 0.2) is 78.2 Å². The highest BCUT2D eigenvalue weighted by Gasteiger charge is 2.24. The lowest BCUT2D eigenvalue weighted by atomic mass is 10.1. The lowest BCUT2D eigenvalue weighted by molar-refractivity contribution is 0.344. The molecule has 0 N–H and O–H groups in total. The number of nitrogens with zero attached hydrogens (tertiary/aromatic N) is 6. The molecule has 0 unspecified atom stereocenters. The van der Waals surface area contributed by atoms with Gasteiger partial charge in [-0.1, -0.05) is 29.7 Å². The van der Waals surface area contributed by atoms with Crippen molar-refractivity contribution in [1.82, 2.24) is 29.2 Å². The molecule has 0 aromatic carbocycles. The van der Waals surface area contributed by atoms with E-state index in [0.717, 1.165) is 72.9 Å². The van der Waals surface area contributed by atoms with Crippen LogP contribution in [0.25, 0.3) is 22.0 Å². The minimum absolute atomic E-state index is 0. The Balaban J connectivity index is 0.000000356. The number of ether oxygens (including phenoxy) is 3. The Morgan fingerprint density at radius 3 is 1.96 bits per heavy atom. The molecule has 7 aromatic rings. The van der Waals surface area contributed by atoms with E-state index in [-0.39, 0.29) is 63.4 Å². The van der Waals surface area contributed by atoms with Gasteiger partial charge in [-0.05, 0) is 85.5 Å².